The Kier molecular flexibility index (Phi) is 6.33. The maximum absolute atomic E-state index is 12.7. The predicted octanol–water partition coefficient (Wildman–Crippen LogP) is 4.38. The fourth-order valence-corrected chi connectivity index (χ4v) is 4.91. The maximum atomic E-state index is 12.7. The molecule has 2 aliphatic rings. The van der Waals surface area contributed by atoms with E-state index in [1.807, 2.05) is 35.7 Å². The Morgan fingerprint density at radius 1 is 1.24 bits per heavy atom. The highest BCUT2D eigenvalue weighted by atomic mass is 35.5. The third-order valence-electron chi connectivity index (χ3n) is 4.56. The van der Waals surface area contributed by atoms with Crippen molar-refractivity contribution in [2.45, 2.75) is 6.92 Å². The van der Waals surface area contributed by atoms with Gasteiger partial charge in [0.15, 0.2) is 10.9 Å². The van der Waals surface area contributed by atoms with Crippen LogP contribution >= 0.6 is 23.4 Å². The van der Waals surface area contributed by atoms with Gasteiger partial charge in [0.2, 0.25) is 5.75 Å². The number of ether oxygens (including phenoxy) is 1. The molecule has 0 aromatic heterocycles. The van der Waals surface area contributed by atoms with Crippen LogP contribution in [0.1, 0.15) is 18.1 Å². The molecule has 4 rings (SSSR count). The SMILES string of the molecule is CCOc1cc(C=C2C(=N)N3C(c4ccccc4)=CSC3=NC2=O)cc(Cl)c1OS(C)(=O)=O. The molecule has 0 spiro atoms. The molecule has 0 saturated carbocycles. The van der Waals surface area contributed by atoms with Crippen LogP contribution in [0.4, 0.5) is 0 Å². The van der Waals surface area contributed by atoms with Crippen molar-refractivity contribution in [3.63, 3.8) is 0 Å². The lowest BCUT2D eigenvalue weighted by Crippen LogP contribution is -2.38. The molecule has 0 atom stereocenters. The summed E-state index contributed by atoms with van der Waals surface area (Å²) in [7, 11) is -3.84. The first-order valence-corrected chi connectivity index (χ1v) is 12.8. The van der Waals surface area contributed by atoms with Crippen LogP contribution < -0.4 is 8.92 Å². The lowest BCUT2D eigenvalue weighted by molar-refractivity contribution is -0.114. The van der Waals surface area contributed by atoms with Crippen molar-refractivity contribution in [3.8, 4) is 11.5 Å². The summed E-state index contributed by atoms with van der Waals surface area (Å²) >= 11 is 7.55. The summed E-state index contributed by atoms with van der Waals surface area (Å²) in [4.78, 5) is 18.5. The van der Waals surface area contributed by atoms with Crippen molar-refractivity contribution in [1.29, 1.82) is 5.41 Å². The monoisotopic (exact) mass is 503 g/mol. The highest BCUT2D eigenvalue weighted by Gasteiger charge is 2.36. The number of thioether (sulfide) groups is 1. The molecule has 11 heteroatoms. The summed E-state index contributed by atoms with van der Waals surface area (Å²) in [6, 6.07) is 12.4. The second-order valence-corrected chi connectivity index (χ2v) is 9.80. The van der Waals surface area contributed by atoms with Gasteiger partial charge >= 0.3 is 10.1 Å². The van der Waals surface area contributed by atoms with Gasteiger partial charge < -0.3 is 8.92 Å². The van der Waals surface area contributed by atoms with Crippen molar-refractivity contribution in [2.24, 2.45) is 4.99 Å². The number of nitrogens with zero attached hydrogens (tertiary/aromatic N) is 2. The van der Waals surface area contributed by atoms with E-state index >= 15 is 0 Å². The van der Waals surface area contributed by atoms with Crippen molar-refractivity contribution < 1.29 is 22.1 Å². The lowest BCUT2D eigenvalue weighted by Gasteiger charge is -2.27. The number of hydrogen-bond acceptors (Lipinski definition) is 7. The van der Waals surface area contributed by atoms with Gasteiger partial charge in [0.05, 0.1) is 29.2 Å². The highest BCUT2D eigenvalue weighted by Crippen LogP contribution is 2.40. The number of benzene rings is 2. The topological polar surface area (TPSA) is 109 Å². The highest BCUT2D eigenvalue weighted by molar-refractivity contribution is 8.17. The van der Waals surface area contributed by atoms with Crippen molar-refractivity contribution in [2.75, 3.05) is 12.9 Å². The average Bonchev–Trinajstić information content (AvgIpc) is 3.17. The Bertz CT molecular complexity index is 1350. The van der Waals surface area contributed by atoms with E-state index in [1.54, 1.807) is 11.8 Å². The smallest absolute Gasteiger partial charge is 0.306 e. The van der Waals surface area contributed by atoms with Gasteiger partial charge in [0, 0.05) is 5.41 Å². The molecule has 0 saturated heterocycles. The standard InChI is InChI=1S/C22H18ClN3O5S2/c1-3-30-18-11-13(10-16(23)19(18)31-33(2,28)29)9-15-20(24)26-17(14-7-5-4-6-8-14)12-32-22(26)25-21(15)27/h4-12,24H,3H2,1-2H3. The first-order valence-electron chi connectivity index (χ1n) is 9.69. The normalized spacial score (nSPS) is 17.1. The van der Waals surface area contributed by atoms with E-state index in [9.17, 15) is 13.2 Å². The predicted molar refractivity (Wildman–Crippen MR) is 130 cm³/mol. The third kappa shape index (κ3) is 4.82. The van der Waals surface area contributed by atoms with Gasteiger partial charge in [-0.15, -0.1) is 0 Å². The Labute approximate surface area is 200 Å². The molecular formula is C22H18ClN3O5S2. The molecule has 33 heavy (non-hydrogen) atoms. The van der Waals surface area contributed by atoms with Crippen molar-refractivity contribution >= 4 is 62.2 Å². The minimum absolute atomic E-state index is 0.0150. The van der Waals surface area contributed by atoms with Crippen LogP contribution in [0.2, 0.25) is 5.02 Å². The van der Waals surface area contributed by atoms with Crippen LogP contribution in [0.15, 0.2) is 58.4 Å². The number of aliphatic imine (C=N–C) groups is 1. The average molecular weight is 504 g/mol. The molecule has 0 aliphatic carbocycles. The van der Waals surface area contributed by atoms with Crippen molar-refractivity contribution in [1.82, 2.24) is 4.90 Å². The Morgan fingerprint density at radius 3 is 2.64 bits per heavy atom. The molecule has 2 heterocycles. The fourth-order valence-electron chi connectivity index (χ4n) is 3.25. The Hall–Kier alpha value is -3.08. The summed E-state index contributed by atoms with van der Waals surface area (Å²) in [5.74, 6) is -0.635. The van der Waals surface area contributed by atoms with Gasteiger partial charge in [-0.2, -0.15) is 13.4 Å². The molecule has 0 bridgehead atoms. The molecule has 0 unspecified atom stereocenters. The largest absolute Gasteiger partial charge is 0.490 e. The van der Waals surface area contributed by atoms with E-state index in [2.05, 4.69) is 4.99 Å². The van der Waals surface area contributed by atoms with E-state index in [1.165, 1.54) is 30.0 Å². The van der Waals surface area contributed by atoms with Crippen molar-refractivity contribution in [3.05, 3.63) is 69.6 Å². The van der Waals surface area contributed by atoms with E-state index in [-0.39, 0.29) is 34.5 Å². The summed E-state index contributed by atoms with van der Waals surface area (Å²) in [6.07, 6.45) is 2.37. The number of carbonyl (C=O) groups excluding carboxylic acids is 1. The van der Waals surface area contributed by atoms with E-state index in [0.717, 1.165) is 17.5 Å². The van der Waals surface area contributed by atoms with Gasteiger partial charge in [-0.1, -0.05) is 53.7 Å². The number of rotatable bonds is 6. The molecule has 0 fully saturated rings. The van der Waals surface area contributed by atoms with Gasteiger partial charge in [0.25, 0.3) is 5.91 Å². The number of hydrogen-bond donors (Lipinski definition) is 1. The minimum Gasteiger partial charge on any atom is -0.490 e. The zero-order valence-electron chi connectivity index (χ0n) is 17.5. The number of halogens is 1. The third-order valence-corrected chi connectivity index (χ3v) is 6.14. The summed E-state index contributed by atoms with van der Waals surface area (Å²) in [5.41, 5.74) is 2.11. The Balaban J connectivity index is 1.74. The molecule has 2 aromatic rings. The zero-order valence-corrected chi connectivity index (χ0v) is 19.9. The number of nitrogens with one attached hydrogen (secondary N) is 1. The molecule has 8 nitrogen and oxygen atoms in total. The molecule has 2 aromatic carbocycles. The summed E-state index contributed by atoms with van der Waals surface area (Å²) in [5, 5.41) is 11.0. The number of carbonyl (C=O) groups is 1. The van der Waals surface area contributed by atoms with Gasteiger partial charge in [-0.3, -0.25) is 15.1 Å². The van der Waals surface area contributed by atoms with Crippen LogP contribution in [-0.2, 0) is 14.9 Å². The van der Waals surface area contributed by atoms with Crippen LogP contribution in [0.5, 0.6) is 11.5 Å². The van der Waals surface area contributed by atoms with E-state index in [4.69, 9.17) is 25.9 Å². The van der Waals surface area contributed by atoms with Crippen LogP contribution in [0.3, 0.4) is 0 Å². The van der Waals surface area contributed by atoms with E-state index < -0.39 is 16.0 Å². The number of amidine groups is 2. The molecule has 2 aliphatic heterocycles. The maximum Gasteiger partial charge on any atom is 0.306 e. The second-order valence-electron chi connectivity index (χ2n) is 6.98. The van der Waals surface area contributed by atoms with Gasteiger partial charge in [-0.05, 0) is 36.3 Å². The minimum atomic E-state index is -3.84. The fraction of sp³-hybridized carbons (Fsp3) is 0.136. The molecule has 0 radical (unpaired) electrons. The lowest BCUT2D eigenvalue weighted by atomic mass is 10.1. The molecule has 1 amide bonds. The molecule has 1 N–H and O–H groups in total. The van der Waals surface area contributed by atoms with Gasteiger partial charge in [0.1, 0.15) is 5.84 Å². The first kappa shape index (κ1) is 23.1. The van der Waals surface area contributed by atoms with Crippen LogP contribution in [-0.4, -0.2) is 43.1 Å². The van der Waals surface area contributed by atoms with Gasteiger partial charge in [-0.25, -0.2) is 0 Å². The van der Waals surface area contributed by atoms with Crippen LogP contribution in [0.25, 0.3) is 11.8 Å². The van der Waals surface area contributed by atoms with E-state index in [0.29, 0.717) is 10.7 Å². The summed E-state index contributed by atoms with van der Waals surface area (Å²) < 4.78 is 33.7. The van der Waals surface area contributed by atoms with Crippen LogP contribution in [0, 0.1) is 5.41 Å². The first-order chi connectivity index (χ1) is 15.7. The summed E-state index contributed by atoms with van der Waals surface area (Å²) in [6.45, 7) is 1.96. The molecular weight excluding hydrogens is 486 g/mol. The number of amides is 1. The number of fused-ring (bicyclic) bond motifs is 1. The molecule has 170 valence electrons. The quantitative estimate of drug-likeness (QED) is 0.460. The second kappa shape index (κ2) is 9.05. The Morgan fingerprint density at radius 2 is 1.97 bits per heavy atom. The zero-order chi connectivity index (χ0) is 23.8.